The zero-order valence-corrected chi connectivity index (χ0v) is 20.5. The fraction of sp³-hybridized carbons (Fsp3) is 0.379. The van der Waals surface area contributed by atoms with Crippen LogP contribution < -0.4 is 4.74 Å². The van der Waals surface area contributed by atoms with Gasteiger partial charge in [-0.05, 0) is 23.3 Å². The Morgan fingerprint density at radius 1 is 0.722 bits per heavy atom. The molecule has 0 unspecified atom stereocenters. The normalized spacial score (nSPS) is 27.8. The molecule has 2 heterocycles. The molecule has 190 valence electrons. The Balaban J connectivity index is 1.38. The summed E-state index contributed by atoms with van der Waals surface area (Å²) < 4.78 is 42.6. The van der Waals surface area contributed by atoms with Crippen molar-refractivity contribution in [3.8, 4) is 5.75 Å². The third kappa shape index (κ3) is 5.78. The molecule has 3 aromatic carbocycles. The maximum atomic E-state index is 6.52. The number of hydrogen-bond acceptors (Lipinski definition) is 7. The van der Waals surface area contributed by atoms with Crippen molar-refractivity contribution in [1.82, 2.24) is 0 Å². The van der Waals surface area contributed by atoms with Crippen LogP contribution >= 0.6 is 0 Å². The summed E-state index contributed by atoms with van der Waals surface area (Å²) in [6.45, 7) is 1.13. The standard InChI is InChI=1S/C29H32O7/c1-30-23-15-13-21(14-16-23)18-32-26-25-24(19-34-28(36-25)22-11-7-4-8-12-22)35-29(31-2)27(26)33-17-20-9-5-3-6-10-20/h3-16,24-29H,17-19H2,1-2H3/t24-,25+,26+,27-,28+,29-/m1/s1. The highest BCUT2D eigenvalue weighted by Crippen LogP contribution is 2.37. The molecule has 7 nitrogen and oxygen atoms in total. The third-order valence-electron chi connectivity index (χ3n) is 6.47. The van der Waals surface area contributed by atoms with Gasteiger partial charge in [0.15, 0.2) is 12.6 Å². The second-order valence-corrected chi connectivity index (χ2v) is 8.84. The molecule has 36 heavy (non-hydrogen) atoms. The van der Waals surface area contributed by atoms with E-state index >= 15 is 0 Å². The molecule has 6 atom stereocenters. The molecule has 2 fully saturated rings. The lowest BCUT2D eigenvalue weighted by molar-refractivity contribution is -0.369. The number of hydrogen-bond donors (Lipinski definition) is 0. The van der Waals surface area contributed by atoms with E-state index in [0.717, 1.165) is 22.4 Å². The lowest BCUT2D eigenvalue weighted by Gasteiger charge is -2.48. The summed E-state index contributed by atoms with van der Waals surface area (Å²) >= 11 is 0. The van der Waals surface area contributed by atoms with E-state index < -0.39 is 30.9 Å². The fourth-order valence-electron chi connectivity index (χ4n) is 4.56. The van der Waals surface area contributed by atoms with E-state index in [1.807, 2.05) is 84.9 Å². The van der Waals surface area contributed by atoms with Gasteiger partial charge in [-0.2, -0.15) is 0 Å². The Kier molecular flexibility index (Phi) is 8.28. The second-order valence-electron chi connectivity index (χ2n) is 8.84. The van der Waals surface area contributed by atoms with Gasteiger partial charge in [0.1, 0.15) is 30.2 Å². The number of methoxy groups -OCH3 is 2. The van der Waals surface area contributed by atoms with Crippen molar-refractivity contribution in [2.45, 2.75) is 50.2 Å². The maximum absolute atomic E-state index is 6.52. The molecular weight excluding hydrogens is 460 g/mol. The minimum absolute atomic E-state index is 0.354. The van der Waals surface area contributed by atoms with Crippen LogP contribution in [-0.4, -0.2) is 51.5 Å². The van der Waals surface area contributed by atoms with Crippen molar-refractivity contribution in [2.75, 3.05) is 20.8 Å². The van der Waals surface area contributed by atoms with Crippen LogP contribution in [0.4, 0.5) is 0 Å². The summed E-state index contributed by atoms with van der Waals surface area (Å²) in [5.74, 6) is 0.798. The van der Waals surface area contributed by atoms with E-state index in [0.29, 0.717) is 19.8 Å². The molecule has 0 aromatic heterocycles. The van der Waals surface area contributed by atoms with Gasteiger partial charge in [-0.25, -0.2) is 0 Å². The number of fused-ring (bicyclic) bond motifs is 1. The van der Waals surface area contributed by atoms with E-state index in [-0.39, 0.29) is 6.10 Å². The van der Waals surface area contributed by atoms with Crippen LogP contribution in [0.2, 0.25) is 0 Å². The molecule has 0 N–H and O–H groups in total. The van der Waals surface area contributed by atoms with Gasteiger partial charge in [0.2, 0.25) is 0 Å². The van der Waals surface area contributed by atoms with Crippen LogP contribution in [0.25, 0.3) is 0 Å². The van der Waals surface area contributed by atoms with Crippen LogP contribution in [0.5, 0.6) is 5.75 Å². The SMILES string of the molecule is COc1ccc(CO[C@H]2[C@H]3O[C@@H](c4ccccc4)OC[C@H]3O[C@@H](OC)[C@@H]2OCc2ccccc2)cc1. The Labute approximate surface area is 211 Å². The van der Waals surface area contributed by atoms with Crippen LogP contribution in [-0.2, 0) is 41.6 Å². The lowest BCUT2D eigenvalue weighted by Crippen LogP contribution is -2.63. The highest BCUT2D eigenvalue weighted by molar-refractivity contribution is 5.26. The first-order valence-electron chi connectivity index (χ1n) is 12.2. The molecule has 0 radical (unpaired) electrons. The first-order chi connectivity index (χ1) is 17.7. The van der Waals surface area contributed by atoms with E-state index in [4.69, 9.17) is 33.2 Å². The predicted molar refractivity (Wildman–Crippen MR) is 132 cm³/mol. The van der Waals surface area contributed by atoms with Gasteiger partial charge in [0.25, 0.3) is 0 Å². The molecule has 2 saturated heterocycles. The highest BCUT2D eigenvalue weighted by Gasteiger charge is 2.51. The molecular formula is C29H32O7. The minimum atomic E-state index is -0.628. The molecule has 0 spiro atoms. The van der Waals surface area contributed by atoms with Crippen LogP contribution in [0.3, 0.4) is 0 Å². The van der Waals surface area contributed by atoms with Crippen molar-refractivity contribution in [1.29, 1.82) is 0 Å². The first kappa shape index (κ1) is 24.9. The van der Waals surface area contributed by atoms with Crippen molar-refractivity contribution in [2.24, 2.45) is 0 Å². The van der Waals surface area contributed by atoms with Gasteiger partial charge in [0, 0.05) is 12.7 Å². The highest BCUT2D eigenvalue weighted by atomic mass is 16.8. The van der Waals surface area contributed by atoms with Gasteiger partial charge in [-0.3, -0.25) is 0 Å². The number of ether oxygens (including phenoxy) is 7. The molecule has 2 aliphatic heterocycles. The minimum Gasteiger partial charge on any atom is -0.497 e. The van der Waals surface area contributed by atoms with Crippen LogP contribution in [0.1, 0.15) is 23.0 Å². The summed E-state index contributed by atoms with van der Waals surface area (Å²) in [5.41, 5.74) is 3.01. The van der Waals surface area contributed by atoms with E-state index in [1.54, 1.807) is 14.2 Å². The second kappa shape index (κ2) is 12.0. The molecule has 0 amide bonds. The molecule has 7 heteroatoms. The van der Waals surface area contributed by atoms with E-state index in [1.165, 1.54) is 0 Å². The largest absolute Gasteiger partial charge is 0.497 e. The summed E-state index contributed by atoms with van der Waals surface area (Å²) in [6, 6.07) is 27.7. The zero-order valence-electron chi connectivity index (χ0n) is 20.5. The van der Waals surface area contributed by atoms with Crippen molar-refractivity contribution in [3.05, 3.63) is 102 Å². The summed E-state index contributed by atoms with van der Waals surface area (Å²) in [7, 11) is 3.26. The summed E-state index contributed by atoms with van der Waals surface area (Å²) in [4.78, 5) is 0. The molecule has 0 aliphatic carbocycles. The first-order valence-corrected chi connectivity index (χ1v) is 12.2. The van der Waals surface area contributed by atoms with Gasteiger partial charge in [0.05, 0.1) is 26.9 Å². The van der Waals surface area contributed by atoms with Gasteiger partial charge >= 0.3 is 0 Å². The Morgan fingerprint density at radius 3 is 2.03 bits per heavy atom. The van der Waals surface area contributed by atoms with E-state index in [2.05, 4.69) is 0 Å². The molecule has 3 aromatic rings. The third-order valence-corrected chi connectivity index (χ3v) is 6.47. The quantitative estimate of drug-likeness (QED) is 0.431. The van der Waals surface area contributed by atoms with Gasteiger partial charge < -0.3 is 33.2 Å². The van der Waals surface area contributed by atoms with Crippen molar-refractivity contribution in [3.63, 3.8) is 0 Å². The zero-order chi connectivity index (χ0) is 24.7. The molecule has 0 bridgehead atoms. The van der Waals surface area contributed by atoms with Gasteiger partial charge in [-0.1, -0.05) is 72.8 Å². The van der Waals surface area contributed by atoms with Crippen LogP contribution in [0, 0.1) is 0 Å². The lowest BCUT2D eigenvalue weighted by atomic mass is 9.97. The van der Waals surface area contributed by atoms with Gasteiger partial charge in [-0.15, -0.1) is 0 Å². The molecule has 0 saturated carbocycles. The predicted octanol–water partition coefficient (Wildman–Crippen LogP) is 4.65. The van der Waals surface area contributed by atoms with Crippen LogP contribution in [0.15, 0.2) is 84.9 Å². The smallest absolute Gasteiger partial charge is 0.186 e. The summed E-state index contributed by atoms with van der Waals surface area (Å²) in [6.07, 6.45) is -2.87. The fourth-order valence-corrected chi connectivity index (χ4v) is 4.56. The van der Waals surface area contributed by atoms with Crippen molar-refractivity contribution >= 4 is 0 Å². The number of rotatable bonds is 9. The van der Waals surface area contributed by atoms with Crippen molar-refractivity contribution < 1.29 is 33.2 Å². The monoisotopic (exact) mass is 492 g/mol. The average molecular weight is 493 g/mol. The number of benzene rings is 3. The van der Waals surface area contributed by atoms with E-state index in [9.17, 15) is 0 Å². The Bertz CT molecular complexity index is 1050. The average Bonchev–Trinajstić information content (AvgIpc) is 2.95. The molecule has 5 rings (SSSR count). The Hall–Kier alpha value is -2.78. The maximum Gasteiger partial charge on any atom is 0.186 e. The Morgan fingerprint density at radius 2 is 1.36 bits per heavy atom. The summed E-state index contributed by atoms with van der Waals surface area (Å²) in [5, 5.41) is 0. The molecule has 2 aliphatic rings. The topological polar surface area (TPSA) is 64.6 Å².